The minimum atomic E-state index is -0.195. The third kappa shape index (κ3) is 6.28. The molecule has 0 unspecified atom stereocenters. The highest BCUT2D eigenvalue weighted by atomic mass is 16.2. The maximum absolute atomic E-state index is 12.3. The fraction of sp³-hybridized carbons (Fsp3) is 0.688. The minimum absolute atomic E-state index is 0.0284. The summed E-state index contributed by atoms with van der Waals surface area (Å²) in [6, 6.07) is -0.195. The van der Waals surface area contributed by atoms with Crippen LogP contribution in [0.15, 0.2) is 11.6 Å². The molecule has 0 bridgehead atoms. The number of nitrogens with zero attached hydrogens (tertiary/aromatic N) is 2. The lowest BCUT2D eigenvalue weighted by Gasteiger charge is -2.30. The van der Waals surface area contributed by atoms with Gasteiger partial charge in [-0.3, -0.25) is 14.4 Å². The average Bonchev–Trinajstić information content (AvgIpc) is 2.48. The molecule has 0 aromatic heterocycles. The number of likely N-dealkylation sites (N-methyl/N-ethyl adjacent to an activating group) is 2. The van der Waals surface area contributed by atoms with E-state index in [0.29, 0.717) is 18.5 Å². The summed E-state index contributed by atoms with van der Waals surface area (Å²) in [5, 5.41) is 2.37. The first-order chi connectivity index (χ1) is 10.3. The Morgan fingerprint density at radius 2 is 1.82 bits per heavy atom. The molecule has 0 aliphatic carbocycles. The van der Waals surface area contributed by atoms with E-state index < -0.39 is 0 Å². The van der Waals surface area contributed by atoms with Crippen LogP contribution in [0.4, 0.5) is 0 Å². The van der Waals surface area contributed by atoms with Gasteiger partial charge >= 0.3 is 0 Å². The van der Waals surface area contributed by atoms with Crippen LogP contribution < -0.4 is 5.32 Å². The number of carbonyl (C=O) groups is 3. The van der Waals surface area contributed by atoms with E-state index in [0.717, 1.165) is 6.42 Å². The van der Waals surface area contributed by atoms with Gasteiger partial charge in [0, 0.05) is 26.2 Å². The van der Waals surface area contributed by atoms with Gasteiger partial charge < -0.3 is 15.1 Å². The fourth-order valence-corrected chi connectivity index (χ4v) is 2.24. The molecule has 0 radical (unpaired) electrons. The molecule has 0 rings (SSSR count). The molecule has 0 aromatic rings. The molecule has 3 amide bonds. The molecular formula is C16H29N3O3. The van der Waals surface area contributed by atoms with Crippen LogP contribution in [-0.2, 0) is 14.4 Å². The summed E-state index contributed by atoms with van der Waals surface area (Å²) in [7, 11) is 3.46. The molecule has 6 nitrogen and oxygen atoms in total. The summed E-state index contributed by atoms with van der Waals surface area (Å²) < 4.78 is 0. The van der Waals surface area contributed by atoms with Crippen LogP contribution in [0.1, 0.15) is 34.1 Å². The monoisotopic (exact) mass is 311 g/mol. The Bertz CT molecular complexity index is 419. The van der Waals surface area contributed by atoms with Gasteiger partial charge in [-0.25, -0.2) is 0 Å². The lowest BCUT2D eigenvalue weighted by Crippen LogP contribution is -2.43. The maximum atomic E-state index is 12.3. The number of amides is 3. The van der Waals surface area contributed by atoms with Gasteiger partial charge in [-0.15, -0.1) is 0 Å². The van der Waals surface area contributed by atoms with Crippen LogP contribution in [0.25, 0.3) is 0 Å². The summed E-state index contributed by atoms with van der Waals surface area (Å²) in [4.78, 5) is 37.8. The van der Waals surface area contributed by atoms with Gasteiger partial charge in [0.2, 0.25) is 18.2 Å². The van der Waals surface area contributed by atoms with Crippen LogP contribution in [0.5, 0.6) is 0 Å². The molecule has 0 aromatic carbocycles. The molecule has 1 N–H and O–H groups in total. The molecule has 0 aliphatic rings. The lowest BCUT2D eigenvalue weighted by molar-refractivity contribution is -0.132. The van der Waals surface area contributed by atoms with Crippen molar-refractivity contribution in [2.24, 2.45) is 5.92 Å². The summed E-state index contributed by atoms with van der Waals surface area (Å²) in [5.74, 6) is -0.0620. The molecule has 0 aliphatic heterocycles. The Labute approximate surface area is 133 Å². The van der Waals surface area contributed by atoms with Crippen molar-refractivity contribution in [3.05, 3.63) is 11.6 Å². The third-order valence-corrected chi connectivity index (χ3v) is 3.52. The predicted molar refractivity (Wildman–Crippen MR) is 87.1 cm³/mol. The van der Waals surface area contributed by atoms with Crippen LogP contribution in [-0.4, -0.2) is 61.3 Å². The lowest BCUT2D eigenvalue weighted by atomic mass is 9.99. The summed E-state index contributed by atoms with van der Waals surface area (Å²) in [5.41, 5.74) is 0.623. The van der Waals surface area contributed by atoms with Gasteiger partial charge in [-0.05, 0) is 19.3 Å². The van der Waals surface area contributed by atoms with Crippen LogP contribution in [0.3, 0.4) is 0 Å². The second-order valence-corrected chi connectivity index (χ2v) is 5.81. The molecule has 126 valence electrons. The number of hydrogen-bond donors (Lipinski definition) is 1. The Morgan fingerprint density at radius 3 is 2.27 bits per heavy atom. The summed E-state index contributed by atoms with van der Waals surface area (Å²) >= 11 is 0. The van der Waals surface area contributed by atoms with E-state index >= 15 is 0 Å². The third-order valence-electron chi connectivity index (χ3n) is 3.52. The molecule has 6 heteroatoms. The normalized spacial score (nSPS) is 12.8. The zero-order valence-electron chi connectivity index (χ0n) is 14.5. The predicted octanol–water partition coefficient (Wildman–Crippen LogP) is 1.03. The highest BCUT2D eigenvalue weighted by Gasteiger charge is 2.22. The van der Waals surface area contributed by atoms with E-state index in [2.05, 4.69) is 5.32 Å². The Hall–Kier alpha value is -1.85. The Kier molecular flexibility index (Phi) is 9.13. The van der Waals surface area contributed by atoms with E-state index in [1.807, 2.05) is 26.8 Å². The SMILES string of the molecule is CCCN(C)C(=O)/C(C)=C/[C@H](C(C)C)N(C)C(=O)CNC=O. The van der Waals surface area contributed by atoms with Gasteiger partial charge in [-0.1, -0.05) is 26.8 Å². The Morgan fingerprint density at radius 1 is 1.23 bits per heavy atom. The first-order valence-corrected chi connectivity index (χ1v) is 7.62. The quantitative estimate of drug-likeness (QED) is 0.511. The van der Waals surface area contributed by atoms with Crippen molar-refractivity contribution in [1.29, 1.82) is 0 Å². The van der Waals surface area contributed by atoms with Crippen molar-refractivity contribution in [3.63, 3.8) is 0 Å². The van der Waals surface area contributed by atoms with E-state index in [4.69, 9.17) is 0 Å². The zero-order chi connectivity index (χ0) is 17.3. The first-order valence-electron chi connectivity index (χ1n) is 7.62. The van der Waals surface area contributed by atoms with Crippen molar-refractivity contribution in [3.8, 4) is 0 Å². The molecule has 22 heavy (non-hydrogen) atoms. The van der Waals surface area contributed by atoms with E-state index in [1.165, 1.54) is 0 Å². The van der Waals surface area contributed by atoms with Crippen LogP contribution in [0.2, 0.25) is 0 Å². The van der Waals surface area contributed by atoms with Crippen LogP contribution >= 0.6 is 0 Å². The number of rotatable bonds is 9. The molecule has 0 saturated carbocycles. The molecular weight excluding hydrogens is 282 g/mol. The van der Waals surface area contributed by atoms with Gasteiger partial charge in [0.25, 0.3) is 0 Å². The summed E-state index contributed by atoms with van der Waals surface area (Å²) in [6.45, 7) is 8.43. The number of nitrogens with one attached hydrogen (secondary N) is 1. The van der Waals surface area contributed by atoms with E-state index in [9.17, 15) is 14.4 Å². The molecule has 0 spiro atoms. The first kappa shape index (κ1) is 20.1. The maximum Gasteiger partial charge on any atom is 0.248 e. The van der Waals surface area contributed by atoms with Crippen molar-refractivity contribution in [2.75, 3.05) is 27.2 Å². The molecule has 1 atom stereocenters. The van der Waals surface area contributed by atoms with E-state index in [1.54, 1.807) is 30.8 Å². The number of carbonyl (C=O) groups excluding carboxylic acids is 3. The molecule has 0 heterocycles. The smallest absolute Gasteiger partial charge is 0.248 e. The van der Waals surface area contributed by atoms with Gasteiger partial charge in [-0.2, -0.15) is 0 Å². The molecule has 0 saturated heterocycles. The van der Waals surface area contributed by atoms with Gasteiger partial charge in [0.05, 0.1) is 12.6 Å². The summed E-state index contributed by atoms with van der Waals surface area (Å²) in [6.07, 6.45) is 3.23. The largest absolute Gasteiger partial charge is 0.350 e. The van der Waals surface area contributed by atoms with Gasteiger partial charge in [0.15, 0.2) is 0 Å². The van der Waals surface area contributed by atoms with Crippen molar-refractivity contribution < 1.29 is 14.4 Å². The topological polar surface area (TPSA) is 69.7 Å². The highest BCUT2D eigenvalue weighted by molar-refractivity contribution is 5.92. The van der Waals surface area contributed by atoms with Gasteiger partial charge in [0.1, 0.15) is 0 Å². The van der Waals surface area contributed by atoms with Crippen molar-refractivity contribution in [1.82, 2.24) is 15.1 Å². The number of hydrogen-bond acceptors (Lipinski definition) is 3. The van der Waals surface area contributed by atoms with Crippen molar-refractivity contribution >= 4 is 18.2 Å². The Balaban J connectivity index is 5.09. The minimum Gasteiger partial charge on any atom is -0.350 e. The van der Waals surface area contributed by atoms with Crippen molar-refractivity contribution in [2.45, 2.75) is 40.2 Å². The highest BCUT2D eigenvalue weighted by Crippen LogP contribution is 2.14. The van der Waals surface area contributed by atoms with Crippen LogP contribution in [0, 0.1) is 5.92 Å². The van der Waals surface area contributed by atoms with E-state index in [-0.39, 0.29) is 30.3 Å². The zero-order valence-corrected chi connectivity index (χ0v) is 14.5. The fourth-order valence-electron chi connectivity index (χ4n) is 2.24. The standard InChI is InChI=1S/C16H29N3O3/c1-7-8-18(5)16(22)13(4)9-14(12(2)3)19(6)15(21)10-17-11-20/h9,11-12,14H,7-8,10H2,1-6H3,(H,17,20)/b13-9+/t14-/m1/s1. The molecule has 0 fully saturated rings. The second-order valence-electron chi connectivity index (χ2n) is 5.81. The second kappa shape index (κ2) is 9.97. The average molecular weight is 311 g/mol.